The van der Waals surface area contributed by atoms with Crippen molar-refractivity contribution in [1.82, 2.24) is 9.97 Å². The van der Waals surface area contributed by atoms with E-state index in [4.69, 9.17) is 4.74 Å². The topological polar surface area (TPSA) is 103 Å². The van der Waals surface area contributed by atoms with Gasteiger partial charge in [-0.05, 0) is 6.07 Å². The first kappa shape index (κ1) is 17.0. The van der Waals surface area contributed by atoms with Crippen LogP contribution in [0.2, 0.25) is 0 Å². The maximum Gasteiger partial charge on any atom is 0.278 e. The van der Waals surface area contributed by atoms with Crippen LogP contribution in [0.1, 0.15) is 5.56 Å². The molecule has 0 saturated heterocycles. The summed E-state index contributed by atoms with van der Waals surface area (Å²) in [6.45, 7) is 0. The smallest absolute Gasteiger partial charge is 0.278 e. The number of anilines is 1. The Morgan fingerprint density at radius 1 is 1.12 bits per heavy atom. The van der Waals surface area contributed by atoms with E-state index in [-0.39, 0.29) is 5.69 Å². The number of benzene rings is 2. The van der Waals surface area contributed by atoms with E-state index in [0.717, 1.165) is 5.56 Å². The van der Waals surface area contributed by atoms with E-state index >= 15 is 0 Å². The van der Waals surface area contributed by atoms with Gasteiger partial charge in [0.05, 0.1) is 23.8 Å². The van der Waals surface area contributed by atoms with E-state index in [1.807, 2.05) is 30.3 Å². The van der Waals surface area contributed by atoms with Gasteiger partial charge < -0.3 is 4.74 Å². The fourth-order valence-electron chi connectivity index (χ4n) is 2.23. The van der Waals surface area contributed by atoms with Crippen molar-refractivity contribution in [2.24, 2.45) is 5.10 Å². The number of hydrogen-bond acceptors (Lipinski definition) is 7. The first-order valence-electron chi connectivity index (χ1n) is 7.68. The molecule has 2 aromatic carbocycles. The van der Waals surface area contributed by atoms with Crippen LogP contribution in [0, 0.1) is 10.1 Å². The van der Waals surface area contributed by atoms with Gasteiger partial charge in [0.15, 0.2) is 11.6 Å². The van der Waals surface area contributed by atoms with E-state index in [1.165, 1.54) is 19.4 Å². The van der Waals surface area contributed by atoms with Crippen LogP contribution in [0.25, 0.3) is 11.4 Å². The molecule has 0 aliphatic carbocycles. The molecule has 8 nitrogen and oxygen atoms in total. The number of hydrazone groups is 1. The van der Waals surface area contributed by atoms with Crippen molar-refractivity contribution in [3.63, 3.8) is 0 Å². The van der Waals surface area contributed by atoms with Gasteiger partial charge in [-0.25, -0.2) is 4.98 Å². The van der Waals surface area contributed by atoms with Gasteiger partial charge in [0.2, 0.25) is 5.88 Å². The fraction of sp³-hybridized carbons (Fsp3) is 0.0556. The number of hydrogen-bond donors (Lipinski definition) is 1. The highest BCUT2D eigenvalue weighted by molar-refractivity contribution is 5.85. The Hall–Kier alpha value is -3.81. The second-order valence-corrected chi connectivity index (χ2v) is 5.17. The minimum absolute atomic E-state index is 0.0247. The van der Waals surface area contributed by atoms with Crippen molar-refractivity contribution in [2.75, 3.05) is 12.5 Å². The van der Waals surface area contributed by atoms with E-state index < -0.39 is 4.92 Å². The van der Waals surface area contributed by atoms with E-state index in [2.05, 4.69) is 20.5 Å². The molecule has 1 aromatic heterocycles. The lowest BCUT2D eigenvalue weighted by atomic mass is 10.2. The number of aromatic nitrogens is 2. The Bertz CT molecular complexity index is 945. The zero-order valence-corrected chi connectivity index (χ0v) is 13.9. The molecule has 0 bridgehead atoms. The Morgan fingerprint density at radius 3 is 2.58 bits per heavy atom. The minimum atomic E-state index is -0.456. The van der Waals surface area contributed by atoms with Crippen molar-refractivity contribution in [3.05, 3.63) is 76.3 Å². The summed E-state index contributed by atoms with van der Waals surface area (Å²) in [5, 5.41) is 15.1. The molecule has 0 aliphatic rings. The maximum atomic E-state index is 11.0. The summed E-state index contributed by atoms with van der Waals surface area (Å²) in [4.78, 5) is 19.3. The van der Waals surface area contributed by atoms with Crippen LogP contribution in [0.4, 0.5) is 11.5 Å². The summed E-state index contributed by atoms with van der Waals surface area (Å²) in [7, 11) is 1.51. The maximum absolute atomic E-state index is 11.0. The van der Waals surface area contributed by atoms with Crippen LogP contribution >= 0.6 is 0 Å². The van der Waals surface area contributed by atoms with Gasteiger partial charge in [-0.1, -0.05) is 42.5 Å². The molecular formula is C18H15N5O3. The van der Waals surface area contributed by atoms with Crippen molar-refractivity contribution in [2.45, 2.75) is 0 Å². The molecule has 0 spiro atoms. The Labute approximate surface area is 149 Å². The monoisotopic (exact) mass is 349 g/mol. The molecule has 0 fully saturated rings. The summed E-state index contributed by atoms with van der Waals surface area (Å²) in [6, 6.07) is 17.4. The number of methoxy groups -OCH3 is 1. The number of nitrogens with zero attached hydrogens (tertiary/aromatic N) is 4. The molecule has 0 radical (unpaired) electrons. The first-order chi connectivity index (χ1) is 12.7. The molecule has 130 valence electrons. The van der Waals surface area contributed by atoms with Crippen molar-refractivity contribution >= 4 is 17.7 Å². The molecule has 3 aromatic rings. The van der Waals surface area contributed by atoms with Gasteiger partial charge in [0, 0.05) is 17.7 Å². The zero-order valence-electron chi connectivity index (χ0n) is 13.9. The predicted molar refractivity (Wildman–Crippen MR) is 98.3 cm³/mol. The Balaban J connectivity index is 1.85. The second-order valence-electron chi connectivity index (χ2n) is 5.17. The molecule has 0 atom stereocenters. The highest BCUT2D eigenvalue weighted by Gasteiger charge is 2.10. The van der Waals surface area contributed by atoms with Crippen molar-refractivity contribution in [1.29, 1.82) is 0 Å². The van der Waals surface area contributed by atoms with E-state index in [9.17, 15) is 10.1 Å². The third-order valence-electron chi connectivity index (χ3n) is 3.46. The number of nitro benzene ring substituents is 1. The molecule has 0 aliphatic heterocycles. The summed E-state index contributed by atoms with van der Waals surface area (Å²) >= 11 is 0. The Kier molecular flexibility index (Phi) is 5.14. The van der Waals surface area contributed by atoms with Crippen LogP contribution < -0.4 is 10.2 Å². The summed E-state index contributed by atoms with van der Waals surface area (Å²) in [5.74, 6) is 1.26. The van der Waals surface area contributed by atoms with Crippen LogP contribution in [0.15, 0.2) is 65.8 Å². The predicted octanol–water partition coefficient (Wildman–Crippen LogP) is 3.51. The fourth-order valence-corrected chi connectivity index (χ4v) is 2.23. The highest BCUT2D eigenvalue weighted by Crippen LogP contribution is 2.21. The van der Waals surface area contributed by atoms with Gasteiger partial charge in [0.1, 0.15) is 0 Å². The Morgan fingerprint density at radius 2 is 1.85 bits per heavy atom. The number of nitrogens with one attached hydrogen (secondary N) is 1. The van der Waals surface area contributed by atoms with Crippen LogP contribution in [-0.2, 0) is 0 Å². The number of para-hydroxylation sites is 1. The summed E-state index contributed by atoms with van der Waals surface area (Å²) in [6.07, 6.45) is 1.37. The third kappa shape index (κ3) is 3.99. The van der Waals surface area contributed by atoms with Gasteiger partial charge >= 0.3 is 0 Å². The third-order valence-corrected chi connectivity index (χ3v) is 3.46. The lowest BCUT2D eigenvalue weighted by Crippen LogP contribution is -2.00. The molecule has 8 heteroatoms. The molecule has 0 amide bonds. The minimum Gasteiger partial charge on any atom is -0.481 e. The van der Waals surface area contributed by atoms with Crippen LogP contribution in [-0.4, -0.2) is 28.2 Å². The summed E-state index contributed by atoms with van der Waals surface area (Å²) in [5.41, 5.74) is 3.95. The highest BCUT2D eigenvalue weighted by atomic mass is 16.6. The van der Waals surface area contributed by atoms with E-state index in [1.54, 1.807) is 24.3 Å². The lowest BCUT2D eigenvalue weighted by molar-refractivity contribution is -0.385. The molecule has 1 heterocycles. The largest absolute Gasteiger partial charge is 0.481 e. The second kappa shape index (κ2) is 7.84. The van der Waals surface area contributed by atoms with Gasteiger partial charge in [-0.15, -0.1) is 0 Å². The lowest BCUT2D eigenvalue weighted by Gasteiger charge is -2.06. The first-order valence-corrected chi connectivity index (χ1v) is 7.68. The average molecular weight is 349 g/mol. The number of ether oxygens (including phenoxy) is 1. The molecule has 0 unspecified atom stereocenters. The van der Waals surface area contributed by atoms with Gasteiger partial charge in [-0.3, -0.25) is 15.5 Å². The average Bonchev–Trinajstić information content (AvgIpc) is 2.68. The number of rotatable bonds is 6. The van der Waals surface area contributed by atoms with Crippen molar-refractivity contribution in [3.8, 4) is 17.3 Å². The molecule has 1 N–H and O–H groups in total. The SMILES string of the molecule is COc1cc(N/N=C\c2ccccc2[N+](=O)[O-])nc(-c2ccccc2)n1. The van der Waals surface area contributed by atoms with E-state index in [0.29, 0.717) is 23.1 Å². The molecule has 0 saturated carbocycles. The normalized spacial score (nSPS) is 10.7. The molecule has 3 rings (SSSR count). The van der Waals surface area contributed by atoms with Gasteiger partial charge in [-0.2, -0.15) is 10.1 Å². The molecular weight excluding hydrogens is 334 g/mol. The quantitative estimate of drug-likeness (QED) is 0.415. The van der Waals surface area contributed by atoms with Gasteiger partial charge in [0.25, 0.3) is 5.69 Å². The zero-order chi connectivity index (χ0) is 18.4. The number of nitro groups is 1. The summed E-state index contributed by atoms with van der Waals surface area (Å²) < 4.78 is 5.20. The molecule has 26 heavy (non-hydrogen) atoms. The van der Waals surface area contributed by atoms with Crippen LogP contribution in [0.3, 0.4) is 0 Å². The standard InChI is InChI=1S/C18H15N5O3/c1-26-17-11-16(20-18(21-17)13-7-3-2-4-8-13)22-19-12-14-9-5-6-10-15(14)23(24)25/h2-12H,1H3,(H,20,21,22)/b19-12-. The van der Waals surface area contributed by atoms with Crippen molar-refractivity contribution < 1.29 is 9.66 Å². The van der Waals surface area contributed by atoms with Crippen LogP contribution in [0.5, 0.6) is 5.88 Å².